The number of hydrogen-bond donors (Lipinski definition) is 2. The SMILES string of the molecule is CCCCCOc1ccc(/C=N/NC(N)=S)cc1. The van der Waals surface area contributed by atoms with Gasteiger partial charge in [0.25, 0.3) is 0 Å². The minimum absolute atomic E-state index is 0.155. The molecular weight excluding hydrogens is 246 g/mol. The summed E-state index contributed by atoms with van der Waals surface area (Å²) in [6.07, 6.45) is 5.15. The van der Waals surface area contributed by atoms with Gasteiger partial charge >= 0.3 is 0 Å². The first-order valence-electron chi connectivity index (χ1n) is 6.03. The minimum atomic E-state index is 0.155. The van der Waals surface area contributed by atoms with E-state index in [1.165, 1.54) is 12.8 Å². The number of hydrogen-bond acceptors (Lipinski definition) is 3. The number of nitrogens with zero attached hydrogens (tertiary/aromatic N) is 1. The smallest absolute Gasteiger partial charge is 0.184 e. The van der Waals surface area contributed by atoms with Crippen molar-refractivity contribution in [3.05, 3.63) is 29.8 Å². The Morgan fingerprint density at radius 3 is 2.72 bits per heavy atom. The Morgan fingerprint density at radius 2 is 2.11 bits per heavy atom. The van der Waals surface area contributed by atoms with E-state index < -0.39 is 0 Å². The van der Waals surface area contributed by atoms with Crippen molar-refractivity contribution in [2.45, 2.75) is 26.2 Å². The number of nitrogens with two attached hydrogens (primary N) is 1. The van der Waals surface area contributed by atoms with E-state index in [1.54, 1.807) is 6.21 Å². The maximum absolute atomic E-state index is 5.60. The lowest BCUT2D eigenvalue weighted by Gasteiger charge is -2.05. The molecule has 0 aliphatic carbocycles. The Balaban J connectivity index is 2.37. The van der Waals surface area contributed by atoms with Crippen molar-refractivity contribution in [1.82, 2.24) is 5.43 Å². The van der Waals surface area contributed by atoms with E-state index in [-0.39, 0.29) is 5.11 Å². The molecule has 0 bridgehead atoms. The van der Waals surface area contributed by atoms with Gasteiger partial charge in [0.05, 0.1) is 12.8 Å². The molecule has 1 aromatic carbocycles. The van der Waals surface area contributed by atoms with Crippen LogP contribution in [0.3, 0.4) is 0 Å². The summed E-state index contributed by atoms with van der Waals surface area (Å²) in [4.78, 5) is 0. The average Bonchev–Trinajstić information content (AvgIpc) is 2.36. The monoisotopic (exact) mass is 265 g/mol. The molecule has 0 amide bonds. The highest BCUT2D eigenvalue weighted by molar-refractivity contribution is 7.80. The van der Waals surface area contributed by atoms with Gasteiger partial charge in [-0.25, -0.2) is 0 Å². The number of rotatable bonds is 7. The molecular formula is C13H19N3OS. The van der Waals surface area contributed by atoms with Crippen LogP contribution < -0.4 is 15.9 Å². The van der Waals surface area contributed by atoms with E-state index in [4.69, 9.17) is 10.5 Å². The largest absolute Gasteiger partial charge is 0.494 e. The molecule has 18 heavy (non-hydrogen) atoms. The van der Waals surface area contributed by atoms with Gasteiger partial charge in [-0.15, -0.1) is 0 Å². The summed E-state index contributed by atoms with van der Waals surface area (Å²) in [5.41, 5.74) is 8.71. The Hall–Kier alpha value is -1.62. The number of unbranched alkanes of at least 4 members (excludes halogenated alkanes) is 2. The zero-order valence-corrected chi connectivity index (χ0v) is 11.4. The number of thiocarbonyl (C=S) groups is 1. The highest BCUT2D eigenvalue weighted by Crippen LogP contribution is 2.11. The topological polar surface area (TPSA) is 59.6 Å². The minimum Gasteiger partial charge on any atom is -0.494 e. The zero-order chi connectivity index (χ0) is 13.2. The first kappa shape index (κ1) is 14.4. The standard InChI is InChI=1S/C13H19N3OS/c1-2-3-4-9-17-12-7-5-11(6-8-12)10-15-16-13(14)18/h5-8,10H,2-4,9H2,1H3,(H3,14,16,18)/b15-10+. The van der Waals surface area contributed by atoms with Gasteiger partial charge in [0.15, 0.2) is 5.11 Å². The molecule has 0 atom stereocenters. The lowest BCUT2D eigenvalue weighted by molar-refractivity contribution is 0.306. The van der Waals surface area contributed by atoms with Crippen LogP contribution in [-0.2, 0) is 0 Å². The van der Waals surface area contributed by atoms with E-state index in [1.807, 2.05) is 24.3 Å². The van der Waals surface area contributed by atoms with Crippen LogP contribution in [0.25, 0.3) is 0 Å². The quantitative estimate of drug-likeness (QED) is 0.344. The third-order valence-corrected chi connectivity index (χ3v) is 2.38. The van der Waals surface area contributed by atoms with Gasteiger partial charge in [-0.2, -0.15) is 5.10 Å². The van der Waals surface area contributed by atoms with E-state index >= 15 is 0 Å². The predicted molar refractivity (Wildman–Crippen MR) is 79.0 cm³/mol. The number of nitrogens with one attached hydrogen (secondary N) is 1. The van der Waals surface area contributed by atoms with Gasteiger partial charge in [-0.1, -0.05) is 19.8 Å². The second kappa shape index (κ2) is 8.47. The maximum atomic E-state index is 5.60. The summed E-state index contributed by atoms with van der Waals surface area (Å²) in [5.74, 6) is 0.880. The highest BCUT2D eigenvalue weighted by Gasteiger charge is 1.94. The van der Waals surface area contributed by atoms with E-state index in [9.17, 15) is 0 Å². The molecule has 0 aromatic heterocycles. The summed E-state index contributed by atoms with van der Waals surface area (Å²) in [7, 11) is 0. The molecule has 98 valence electrons. The van der Waals surface area contributed by atoms with Crippen molar-refractivity contribution in [3.8, 4) is 5.75 Å². The first-order valence-corrected chi connectivity index (χ1v) is 6.44. The summed E-state index contributed by atoms with van der Waals surface area (Å²) in [6.45, 7) is 2.94. The molecule has 3 N–H and O–H groups in total. The number of benzene rings is 1. The van der Waals surface area contributed by atoms with Crippen molar-refractivity contribution in [1.29, 1.82) is 0 Å². The fraction of sp³-hybridized carbons (Fsp3) is 0.385. The van der Waals surface area contributed by atoms with Crippen LogP contribution in [-0.4, -0.2) is 17.9 Å². The molecule has 0 aliphatic rings. The van der Waals surface area contributed by atoms with Crippen LogP contribution in [0.4, 0.5) is 0 Å². The van der Waals surface area contributed by atoms with Crippen molar-refractivity contribution in [2.75, 3.05) is 6.61 Å². The zero-order valence-electron chi connectivity index (χ0n) is 10.6. The molecule has 5 heteroatoms. The molecule has 0 spiro atoms. The molecule has 0 unspecified atom stereocenters. The van der Waals surface area contributed by atoms with Crippen LogP contribution in [0.2, 0.25) is 0 Å². The predicted octanol–water partition coefficient (Wildman–Crippen LogP) is 2.42. The van der Waals surface area contributed by atoms with E-state index in [0.717, 1.165) is 24.3 Å². The van der Waals surface area contributed by atoms with E-state index in [2.05, 4.69) is 29.7 Å². The van der Waals surface area contributed by atoms with Gasteiger partial charge in [0.1, 0.15) is 5.75 Å². The van der Waals surface area contributed by atoms with Gasteiger partial charge < -0.3 is 10.5 Å². The fourth-order valence-electron chi connectivity index (χ4n) is 1.36. The Bertz CT molecular complexity index is 390. The van der Waals surface area contributed by atoms with Crippen LogP contribution in [0, 0.1) is 0 Å². The molecule has 0 heterocycles. The number of ether oxygens (including phenoxy) is 1. The summed E-state index contributed by atoms with van der Waals surface area (Å²) in [6, 6.07) is 7.71. The van der Waals surface area contributed by atoms with Crippen molar-refractivity contribution in [2.24, 2.45) is 10.8 Å². The van der Waals surface area contributed by atoms with Crippen LogP contribution in [0.5, 0.6) is 5.75 Å². The Labute approximate surface area is 113 Å². The van der Waals surface area contributed by atoms with E-state index in [0.29, 0.717) is 0 Å². The molecule has 0 saturated heterocycles. The molecule has 4 nitrogen and oxygen atoms in total. The molecule has 0 radical (unpaired) electrons. The Morgan fingerprint density at radius 1 is 1.39 bits per heavy atom. The van der Waals surface area contributed by atoms with Gasteiger partial charge in [-0.3, -0.25) is 5.43 Å². The molecule has 1 aromatic rings. The third kappa shape index (κ3) is 6.20. The Kier molecular flexibility index (Phi) is 6.79. The average molecular weight is 265 g/mol. The van der Waals surface area contributed by atoms with Gasteiger partial charge in [0.2, 0.25) is 0 Å². The van der Waals surface area contributed by atoms with Crippen molar-refractivity contribution in [3.63, 3.8) is 0 Å². The molecule has 1 rings (SSSR count). The summed E-state index contributed by atoms with van der Waals surface area (Å²) >= 11 is 4.63. The normalized spacial score (nSPS) is 10.5. The van der Waals surface area contributed by atoms with Gasteiger partial charge in [-0.05, 0) is 48.5 Å². The fourth-order valence-corrected chi connectivity index (χ4v) is 1.42. The van der Waals surface area contributed by atoms with Crippen LogP contribution in [0.15, 0.2) is 29.4 Å². The van der Waals surface area contributed by atoms with Crippen molar-refractivity contribution >= 4 is 23.5 Å². The highest BCUT2D eigenvalue weighted by atomic mass is 32.1. The maximum Gasteiger partial charge on any atom is 0.184 e. The lowest BCUT2D eigenvalue weighted by Crippen LogP contribution is -2.23. The second-order valence-corrected chi connectivity index (χ2v) is 4.30. The summed E-state index contributed by atoms with van der Waals surface area (Å²) < 4.78 is 5.60. The molecule has 0 aliphatic heterocycles. The number of hydrazone groups is 1. The van der Waals surface area contributed by atoms with Crippen LogP contribution in [0.1, 0.15) is 31.7 Å². The van der Waals surface area contributed by atoms with Crippen molar-refractivity contribution < 1.29 is 4.74 Å². The third-order valence-electron chi connectivity index (χ3n) is 2.29. The van der Waals surface area contributed by atoms with Gasteiger partial charge in [0, 0.05) is 0 Å². The van der Waals surface area contributed by atoms with Crippen LogP contribution >= 0.6 is 12.2 Å². The first-order chi connectivity index (χ1) is 8.72. The molecule has 0 fully saturated rings. The lowest BCUT2D eigenvalue weighted by atomic mass is 10.2. The second-order valence-electron chi connectivity index (χ2n) is 3.86. The summed E-state index contributed by atoms with van der Waals surface area (Å²) in [5, 5.41) is 4.03. The molecule has 0 saturated carbocycles.